The highest BCUT2D eigenvalue weighted by Crippen LogP contribution is 2.27. The molecule has 3 nitrogen and oxygen atoms in total. The second kappa shape index (κ2) is 7.78. The normalized spacial score (nSPS) is 11.2. The number of hydrogen-bond donors (Lipinski definition) is 2. The molecule has 2 rings (SSSR count). The number of aliphatic hydroxyl groups is 1. The third-order valence-corrected chi connectivity index (χ3v) is 3.03. The Morgan fingerprint density at radius 3 is 2.15 bits per heavy atom. The maximum absolute atomic E-state index is 9.30. The predicted molar refractivity (Wildman–Crippen MR) is 81.3 cm³/mol. The fourth-order valence-corrected chi connectivity index (χ4v) is 1.66. The zero-order chi connectivity index (χ0) is 15.1. The zero-order valence-corrected chi connectivity index (χ0v) is 12.6. The zero-order valence-electron chi connectivity index (χ0n) is 11.8. The van der Waals surface area contributed by atoms with Gasteiger partial charge in [0.25, 0.3) is 0 Å². The summed E-state index contributed by atoms with van der Waals surface area (Å²) >= 11 is 5.73. The van der Waals surface area contributed by atoms with E-state index in [-0.39, 0.29) is 0 Å². The Kier molecular flexibility index (Phi) is 6.36. The maximum atomic E-state index is 9.30. The smallest absolute Gasteiger partial charge is 0.194 e. The molecule has 4 heteroatoms. The van der Waals surface area contributed by atoms with Gasteiger partial charge in [0.15, 0.2) is 6.29 Å². The van der Waals surface area contributed by atoms with Crippen molar-refractivity contribution < 1.29 is 14.9 Å². The van der Waals surface area contributed by atoms with Crippen LogP contribution in [0.15, 0.2) is 42.5 Å². The molecule has 20 heavy (non-hydrogen) atoms. The molecule has 1 atom stereocenters. The van der Waals surface area contributed by atoms with Gasteiger partial charge in [0.05, 0.1) is 0 Å². The van der Waals surface area contributed by atoms with Crippen molar-refractivity contribution in [3.8, 4) is 11.5 Å². The fraction of sp³-hybridized carbons (Fsp3) is 0.250. The Balaban J connectivity index is 0.000000200. The van der Waals surface area contributed by atoms with E-state index in [1.54, 1.807) is 38.1 Å². The molecule has 0 heterocycles. The molecule has 0 aromatic heterocycles. The maximum Gasteiger partial charge on any atom is 0.194 e. The molecule has 2 aromatic rings. The van der Waals surface area contributed by atoms with E-state index < -0.39 is 6.29 Å². The average Bonchev–Trinajstić information content (AvgIpc) is 2.42. The second-order valence-electron chi connectivity index (χ2n) is 4.37. The molecule has 108 valence electrons. The molecular weight excluding hydrogens is 276 g/mol. The Morgan fingerprint density at radius 2 is 1.65 bits per heavy atom. The van der Waals surface area contributed by atoms with Crippen molar-refractivity contribution >= 4 is 11.6 Å². The number of aliphatic hydroxyl groups excluding tert-OH is 1. The third-order valence-electron chi connectivity index (χ3n) is 2.62. The van der Waals surface area contributed by atoms with E-state index in [9.17, 15) is 5.11 Å². The SMILES string of the molecule is CC(O)Oc1ccccc1.Cc1ccc(Cl)c(C)c1O. The van der Waals surface area contributed by atoms with Gasteiger partial charge >= 0.3 is 0 Å². The molecule has 0 saturated carbocycles. The Bertz CT molecular complexity index is 512. The molecule has 2 N–H and O–H groups in total. The van der Waals surface area contributed by atoms with Crippen molar-refractivity contribution in [2.24, 2.45) is 0 Å². The van der Waals surface area contributed by atoms with E-state index >= 15 is 0 Å². The Hall–Kier alpha value is -1.71. The van der Waals surface area contributed by atoms with Crippen LogP contribution < -0.4 is 4.74 Å². The van der Waals surface area contributed by atoms with E-state index in [1.807, 2.05) is 25.1 Å². The topological polar surface area (TPSA) is 49.7 Å². The molecule has 0 aliphatic carbocycles. The molecule has 0 spiro atoms. The number of halogens is 1. The lowest BCUT2D eigenvalue weighted by Crippen LogP contribution is -2.08. The molecule has 0 saturated heterocycles. The number of ether oxygens (including phenoxy) is 1. The van der Waals surface area contributed by atoms with Gasteiger partial charge < -0.3 is 14.9 Å². The number of aromatic hydroxyl groups is 1. The van der Waals surface area contributed by atoms with Gasteiger partial charge in [-0.3, -0.25) is 0 Å². The summed E-state index contributed by atoms with van der Waals surface area (Å²) in [5.74, 6) is 0.991. The first-order chi connectivity index (χ1) is 9.41. The van der Waals surface area contributed by atoms with Crippen LogP contribution in [-0.2, 0) is 0 Å². The van der Waals surface area contributed by atoms with Crippen LogP contribution in [0.25, 0.3) is 0 Å². The number of benzene rings is 2. The van der Waals surface area contributed by atoms with Crippen LogP contribution in [0.2, 0.25) is 5.02 Å². The molecule has 0 amide bonds. The molecule has 0 aliphatic rings. The van der Waals surface area contributed by atoms with E-state index in [0.717, 1.165) is 11.1 Å². The van der Waals surface area contributed by atoms with Crippen molar-refractivity contribution in [3.63, 3.8) is 0 Å². The second-order valence-corrected chi connectivity index (χ2v) is 4.78. The lowest BCUT2D eigenvalue weighted by molar-refractivity contribution is -0.000288. The van der Waals surface area contributed by atoms with Crippen LogP contribution in [0.5, 0.6) is 11.5 Å². The lowest BCUT2D eigenvalue weighted by atomic mass is 10.1. The van der Waals surface area contributed by atoms with Gasteiger partial charge in [-0.2, -0.15) is 0 Å². The highest BCUT2D eigenvalue weighted by molar-refractivity contribution is 6.31. The van der Waals surface area contributed by atoms with Crippen LogP contribution in [0.4, 0.5) is 0 Å². The van der Waals surface area contributed by atoms with Crippen molar-refractivity contribution in [1.29, 1.82) is 0 Å². The monoisotopic (exact) mass is 294 g/mol. The number of rotatable bonds is 2. The Labute approximate surface area is 124 Å². The van der Waals surface area contributed by atoms with E-state index in [4.69, 9.17) is 21.4 Å². The van der Waals surface area contributed by atoms with Gasteiger partial charge in [0.2, 0.25) is 0 Å². The summed E-state index contributed by atoms with van der Waals surface area (Å²) in [5.41, 5.74) is 1.61. The van der Waals surface area contributed by atoms with Crippen LogP contribution in [0, 0.1) is 13.8 Å². The van der Waals surface area contributed by atoms with Crippen LogP contribution in [-0.4, -0.2) is 16.5 Å². The third kappa shape index (κ3) is 5.11. The van der Waals surface area contributed by atoms with Gasteiger partial charge in [-0.05, 0) is 44.5 Å². The highest BCUT2D eigenvalue weighted by Gasteiger charge is 2.02. The van der Waals surface area contributed by atoms with Gasteiger partial charge in [0.1, 0.15) is 11.5 Å². The quantitative estimate of drug-likeness (QED) is 0.821. The van der Waals surface area contributed by atoms with Crippen molar-refractivity contribution in [3.05, 3.63) is 58.6 Å². The summed E-state index contributed by atoms with van der Waals surface area (Å²) in [7, 11) is 0. The fourth-order valence-electron chi connectivity index (χ4n) is 1.51. The molecule has 1 unspecified atom stereocenters. The predicted octanol–water partition coefficient (Wildman–Crippen LogP) is 4.07. The molecule has 0 fully saturated rings. The van der Waals surface area contributed by atoms with E-state index in [1.165, 1.54) is 0 Å². The minimum Gasteiger partial charge on any atom is -0.507 e. The first kappa shape index (κ1) is 16.3. The van der Waals surface area contributed by atoms with Gasteiger partial charge in [-0.15, -0.1) is 0 Å². The van der Waals surface area contributed by atoms with Gasteiger partial charge in [0, 0.05) is 10.6 Å². The minimum absolute atomic E-state index is 0.299. The standard InChI is InChI=1S/C8H9ClO.C8H10O2/c1-5-3-4-7(9)6(2)8(5)10;1-7(9)10-8-5-3-2-4-6-8/h3-4,10H,1-2H3;2-7,9H,1H3. The van der Waals surface area contributed by atoms with Crippen LogP contribution >= 0.6 is 11.6 Å². The summed E-state index contributed by atoms with van der Waals surface area (Å²) in [5, 5.41) is 18.7. The molecule has 0 radical (unpaired) electrons. The largest absolute Gasteiger partial charge is 0.507 e. The molecular formula is C16H19ClO3. The first-order valence-corrected chi connectivity index (χ1v) is 6.64. The summed E-state index contributed by atoms with van der Waals surface area (Å²) in [6, 6.07) is 12.8. The van der Waals surface area contributed by atoms with Gasteiger partial charge in [-0.25, -0.2) is 0 Å². The van der Waals surface area contributed by atoms with Crippen molar-refractivity contribution in [1.82, 2.24) is 0 Å². The molecule has 2 aromatic carbocycles. The summed E-state index contributed by atoms with van der Waals surface area (Å²) in [6.45, 7) is 5.22. The van der Waals surface area contributed by atoms with E-state index in [2.05, 4.69) is 0 Å². The number of phenols is 1. The molecule has 0 bridgehead atoms. The number of aryl methyl sites for hydroxylation is 1. The van der Waals surface area contributed by atoms with Crippen LogP contribution in [0.3, 0.4) is 0 Å². The van der Waals surface area contributed by atoms with Gasteiger partial charge in [-0.1, -0.05) is 35.9 Å². The summed E-state index contributed by atoms with van der Waals surface area (Å²) in [6.07, 6.45) is -0.734. The summed E-state index contributed by atoms with van der Waals surface area (Å²) in [4.78, 5) is 0. The Morgan fingerprint density at radius 1 is 1.05 bits per heavy atom. The highest BCUT2D eigenvalue weighted by atomic mass is 35.5. The van der Waals surface area contributed by atoms with Crippen LogP contribution in [0.1, 0.15) is 18.1 Å². The number of hydrogen-bond acceptors (Lipinski definition) is 3. The number of para-hydroxylation sites is 1. The lowest BCUT2D eigenvalue weighted by Gasteiger charge is -2.06. The van der Waals surface area contributed by atoms with Crippen molar-refractivity contribution in [2.75, 3.05) is 0 Å². The van der Waals surface area contributed by atoms with Crippen molar-refractivity contribution in [2.45, 2.75) is 27.1 Å². The molecule has 0 aliphatic heterocycles. The number of phenolic OH excluding ortho intramolecular Hbond substituents is 1. The summed E-state index contributed by atoms with van der Waals surface area (Å²) < 4.78 is 4.97. The minimum atomic E-state index is -0.734. The van der Waals surface area contributed by atoms with E-state index in [0.29, 0.717) is 16.5 Å². The average molecular weight is 295 g/mol. The first-order valence-electron chi connectivity index (χ1n) is 6.26.